The van der Waals surface area contributed by atoms with Crippen LogP contribution >= 0.6 is 23.2 Å². The fourth-order valence-electron chi connectivity index (χ4n) is 1.79. The minimum atomic E-state index is -0.187. The number of carbonyl (C=O) groups is 1. The molecular weight excluding hydrogens is 295 g/mol. The van der Waals surface area contributed by atoms with Gasteiger partial charge in [-0.15, -0.1) is 0 Å². The number of hydrogen-bond acceptors (Lipinski definition) is 2. The van der Waals surface area contributed by atoms with Gasteiger partial charge in [0.2, 0.25) is 0 Å². The van der Waals surface area contributed by atoms with E-state index in [-0.39, 0.29) is 5.91 Å². The van der Waals surface area contributed by atoms with Gasteiger partial charge in [-0.1, -0.05) is 29.3 Å². The standard InChI is InChI=1S/C15H14Cl2N2O/c16-11-6-7-13(14(17)10-11)15(20)19-9-3-5-12-4-1-2-8-18-12/h1-2,4,6-8,10H,3,5,9H2,(H,19,20). The minimum Gasteiger partial charge on any atom is -0.352 e. The van der Waals surface area contributed by atoms with Gasteiger partial charge in [-0.2, -0.15) is 0 Å². The molecule has 0 bridgehead atoms. The largest absolute Gasteiger partial charge is 0.352 e. The first-order chi connectivity index (χ1) is 9.66. The number of carbonyl (C=O) groups excluding carboxylic acids is 1. The zero-order valence-corrected chi connectivity index (χ0v) is 12.3. The summed E-state index contributed by atoms with van der Waals surface area (Å²) in [4.78, 5) is 16.2. The summed E-state index contributed by atoms with van der Waals surface area (Å²) in [7, 11) is 0. The van der Waals surface area contributed by atoms with Gasteiger partial charge in [-0.25, -0.2) is 0 Å². The van der Waals surface area contributed by atoms with Crippen LogP contribution in [-0.2, 0) is 6.42 Å². The molecule has 2 aromatic rings. The maximum absolute atomic E-state index is 11.9. The first-order valence-corrected chi connectivity index (χ1v) is 7.05. The van der Waals surface area contributed by atoms with Crippen LogP contribution in [0.2, 0.25) is 10.0 Å². The van der Waals surface area contributed by atoms with Crippen molar-refractivity contribution in [2.24, 2.45) is 0 Å². The quantitative estimate of drug-likeness (QED) is 0.855. The Balaban J connectivity index is 1.80. The van der Waals surface area contributed by atoms with E-state index in [1.165, 1.54) is 0 Å². The summed E-state index contributed by atoms with van der Waals surface area (Å²) in [6.45, 7) is 0.578. The molecule has 0 aliphatic rings. The minimum absolute atomic E-state index is 0.187. The first kappa shape index (κ1) is 14.8. The second-order valence-electron chi connectivity index (χ2n) is 4.30. The average molecular weight is 309 g/mol. The van der Waals surface area contributed by atoms with Crippen LogP contribution in [0.25, 0.3) is 0 Å². The van der Waals surface area contributed by atoms with Gasteiger partial charge in [0.1, 0.15) is 0 Å². The van der Waals surface area contributed by atoms with Crippen molar-refractivity contribution in [2.45, 2.75) is 12.8 Å². The molecule has 1 aromatic heterocycles. The van der Waals surface area contributed by atoms with Gasteiger partial charge >= 0.3 is 0 Å². The summed E-state index contributed by atoms with van der Waals surface area (Å²) in [5, 5.41) is 3.71. The average Bonchev–Trinajstić information content (AvgIpc) is 2.44. The molecule has 104 valence electrons. The van der Waals surface area contributed by atoms with E-state index in [2.05, 4.69) is 10.3 Å². The van der Waals surface area contributed by atoms with Crippen molar-refractivity contribution in [3.05, 3.63) is 63.9 Å². The number of aromatic nitrogens is 1. The number of pyridine rings is 1. The van der Waals surface area contributed by atoms with E-state index < -0.39 is 0 Å². The molecule has 2 rings (SSSR count). The highest BCUT2D eigenvalue weighted by Crippen LogP contribution is 2.20. The molecule has 0 unspecified atom stereocenters. The molecule has 1 N–H and O–H groups in total. The number of benzene rings is 1. The lowest BCUT2D eigenvalue weighted by atomic mass is 10.2. The van der Waals surface area contributed by atoms with Gasteiger partial charge in [-0.3, -0.25) is 9.78 Å². The van der Waals surface area contributed by atoms with E-state index >= 15 is 0 Å². The Labute approximate surface area is 127 Å². The van der Waals surface area contributed by atoms with E-state index in [0.717, 1.165) is 18.5 Å². The van der Waals surface area contributed by atoms with Crippen molar-refractivity contribution in [1.82, 2.24) is 10.3 Å². The van der Waals surface area contributed by atoms with Gasteiger partial charge in [0.25, 0.3) is 5.91 Å². The van der Waals surface area contributed by atoms with E-state index in [9.17, 15) is 4.79 Å². The molecule has 1 aromatic carbocycles. The number of nitrogens with zero attached hydrogens (tertiary/aromatic N) is 1. The monoisotopic (exact) mass is 308 g/mol. The molecule has 3 nitrogen and oxygen atoms in total. The lowest BCUT2D eigenvalue weighted by Gasteiger charge is -2.07. The maximum Gasteiger partial charge on any atom is 0.252 e. The predicted molar refractivity (Wildman–Crippen MR) is 81.4 cm³/mol. The van der Waals surface area contributed by atoms with Crippen molar-refractivity contribution in [3.63, 3.8) is 0 Å². The van der Waals surface area contributed by atoms with Crippen LogP contribution in [0.4, 0.5) is 0 Å². The predicted octanol–water partition coefficient (Wildman–Crippen LogP) is 3.75. The highest BCUT2D eigenvalue weighted by Gasteiger charge is 2.09. The third-order valence-corrected chi connectivity index (χ3v) is 3.34. The van der Waals surface area contributed by atoms with Crippen LogP contribution < -0.4 is 5.32 Å². The topological polar surface area (TPSA) is 42.0 Å². The SMILES string of the molecule is O=C(NCCCc1ccccn1)c1ccc(Cl)cc1Cl. The fourth-order valence-corrected chi connectivity index (χ4v) is 2.28. The second-order valence-corrected chi connectivity index (χ2v) is 5.15. The van der Waals surface area contributed by atoms with Crippen molar-refractivity contribution < 1.29 is 4.79 Å². The Morgan fingerprint density at radius 2 is 2.05 bits per heavy atom. The Kier molecular flexibility index (Phi) is 5.39. The summed E-state index contributed by atoms with van der Waals surface area (Å²) < 4.78 is 0. The number of amides is 1. The van der Waals surface area contributed by atoms with Gasteiger partial charge in [0.05, 0.1) is 10.6 Å². The van der Waals surface area contributed by atoms with Gasteiger partial charge in [-0.05, 0) is 43.2 Å². The van der Waals surface area contributed by atoms with Crippen LogP contribution in [-0.4, -0.2) is 17.4 Å². The van der Waals surface area contributed by atoms with Gasteiger partial charge < -0.3 is 5.32 Å². The van der Waals surface area contributed by atoms with Crippen molar-refractivity contribution in [1.29, 1.82) is 0 Å². The zero-order valence-electron chi connectivity index (χ0n) is 10.8. The van der Waals surface area contributed by atoms with E-state index in [1.807, 2.05) is 18.2 Å². The number of rotatable bonds is 5. The Morgan fingerprint density at radius 1 is 1.20 bits per heavy atom. The lowest BCUT2D eigenvalue weighted by molar-refractivity contribution is 0.0953. The zero-order chi connectivity index (χ0) is 14.4. The second kappa shape index (κ2) is 7.27. The summed E-state index contributed by atoms with van der Waals surface area (Å²) in [5.41, 5.74) is 1.46. The fraction of sp³-hybridized carbons (Fsp3) is 0.200. The summed E-state index contributed by atoms with van der Waals surface area (Å²) >= 11 is 11.8. The van der Waals surface area contributed by atoms with E-state index in [4.69, 9.17) is 23.2 Å². The Morgan fingerprint density at radius 3 is 2.75 bits per heavy atom. The lowest BCUT2D eigenvalue weighted by Crippen LogP contribution is -2.25. The molecule has 1 amide bonds. The first-order valence-electron chi connectivity index (χ1n) is 6.30. The summed E-state index contributed by atoms with van der Waals surface area (Å²) in [6, 6.07) is 10.6. The van der Waals surface area contributed by atoms with Crippen LogP contribution in [0, 0.1) is 0 Å². The van der Waals surface area contributed by atoms with Crippen LogP contribution in [0.1, 0.15) is 22.5 Å². The molecule has 0 aliphatic heterocycles. The maximum atomic E-state index is 11.9. The highest BCUT2D eigenvalue weighted by atomic mass is 35.5. The summed E-state index contributed by atoms with van der Waals surface area (Å²) in [6.07, 6.45) is 3.42. The molecule has 0 fully saturated rings. The third kappa shape index (κ3) is 4.22. The normalized spacial score (nSPS) is 10.3. The molecule has 0 radical (unpaired) electrons. The third-order valence-electron chi connectivity index (χ3n) is 2.80. The number of aryl methyl sites for hydroxylation is 1. The molecule has 0 atom stereocenters. The molecule has 0 aliphatic carbocycles. The molecule has 1 heterocycles. The van der Waals surface area contributed by atoms with Gasteiger partial charge in [0, 0.05) is 23.5 Å². The molecule has 0 saturated carbocycles. The van der Waals surface area contributed by atoms with Crippen molar-refractivity contribution in [2.75, 3.05) is 6.54 Å². The van der Waals surface area contributed by atoms with Crippen LogP contribution in [0.15, 0.2) is 42.6 Å². The summed E-state index contributed by atoms with van der Waals surface area (Å²) in [5.74, 6) is -0.187. The smallest absolute Gasteiger partial charge is 0.252 e. The van der Waals surface area contributed by atoms with E-state index in [0.29, 0.717) is 22.2 Å². The number of hydrogen-bond donors (Lipinski definition) is 1. The van der Waals surface area contributed by atoms with Crippen LogP contribution in [0.5, 0.6) is 0 Å². The van der Waals surface area contributed by atoms with Crippen molar-refractivity contribution in [3.8, 4) is 0 Å². The molecule has 0 spiro atoms. The highest BCUT2D eigenvalue weighted by molar-refractivity contribution is 6.36. The van der Waals surface area contributed by atoms with E-state index in [1.54, 1.807) is 24.4 Å². The van der Waals surface area contributed by atoms with Crippen LogP contribution in [0.3, 0.4) is 0 Å². The van der Waals surface area contributed by atoms with Gasteiger partial charge in [0.15, 0.2) is 0 Å². The van der Waals surface area contributed by atoms with Crippen molar-refractivity contribution >= 4 is 29.1 Å². The molecule has 20 heavy (non-hydrogen) atoms. The molecule has 5 heteroatoms. The Bertz CT molecular complexity index is 588. The molecular formula is C15H14Cl2N2O. The molecule has 0 saturated heterocycles. The number of nitrogens with one attached hydrogen (secondary N) is 1. The Hall–Kier alpha value is -1.58. The number of halogens is 2.